The molecule has 0 unspecified atom stereocenters. The van der Waals surface area contributed by atoms with Gasteiger partial charge in [-0.25, -0.2) is 9.89 Å². The summed E-state index contributed by atoms with van der Waals surface area (Å²) in [4.78, 5) is 14.5. The Bertz CT molecular complexity index is 297. The van der Waals surface area contributed by atoms with Crippen LogP contribution in [-0.2, 0) is 5.41 Å². The fourth-order valence-corrected chi connectivity index (χ4v) is 0.673. The average Bonchev–Trinajstić information content (AvgIpc) is 1.86. The predicted octanol–water partition coefficient (Wildman–Crippen LogP) is 0.462. The normalized spacial score (nSPS) is 11.5. The van der Waals surface area contributed by atoms with Gasteiger partial charge in [0.15, 0.2) is 0 Å². The SMILES string of the molecule is CC(C)(C)c1cn[nH]c(=O)n1. The highest BCUT2D eigenvalue weighted by molar-refractivity contribution is 5.05. The molecule has 0 radical (unpaired) electrons. The van der Waals surface area contributed by atoms with Gasteiger partial charge in [-0.05, 0) is 0 Å². The van der Waals surface area contributed by atoms with Crippen molar-refractivity contribution in [2.75, 3.05) is 0 Å². The van der Waals surface area contributed by atoms with Crippen LogP contribution in [0, 0.1) is 0 Å². The number of hydrogen-bond acceptors (Lipinski definition) is 3. The van der Waals surface area contributed by atoms with Gasteiger partial charge in [0.25, 0.3) is 0 Å². The monoisotopic (exact) mass is 153 g/mol. The number of nitrogens with one attached hydrogen (secondary N) is 1. The van der Waals surface area contributed by atoms with Gasteiger partial charge in [0, 0.05) is 5.41 Å². The largest absolute Gasteiger partial charge is 0.361 e. The molecule has 0 amide bonds. The molecule has 60 valence electrons. The van der Waals surface area contributed by atoms with Crippen molar-refractivity contribution in [2.45, 2.75) is 26.2 Å². The van der Waals surface area contributed by atoms with Crippen molar-refractivity contribution in [1.82, 2.24) is 15.2 Å². The highest BCUT2D eigenvalue weighted by Crippen LogP contribution is 2.16. The van der Waals surface area contributed by atoms with Gasteiger partial charge in [-0.15, -0.1) is 0 Å². The van der Waals surface area contributed by atoms with Gasteiger partial charge >= 0.3 is 5.69 Å². The van der Waals surface area contributed by atoms with Crippen molar-refractivity contribution in [1.29, 1.82) is 0 Å². The van der Waals surface area contributed by atoms with Gasteiger partial charge in [-0.2, -0.15) is 10.1 Å². The molecule has 0 aliphatic heterocycles. The van der Waals surface area contributed by atoms with Gasteiger partial charge in [-0.1, -0.05) is 20.8 Å². The fourth-order valence-electron chi connectivity index (χ4n) is 0.673. The van der Waals surface area contributed by atoms with Crippen LogP contribution in [0.4, 0.5) is 0 Å². The van der Waals surface area contributed by atoms with Crippen molar-refractivity contribution in [3.63, 3.8) is 0 Å². The van der Waals surface area contributed by atoms with Crippen LogP contribution in [0.25, 0.3) is 0 Å². The summed E-state index contributed by atoms with van der Waals surface area (Å²) in [6, 6.07) is 0. The number of aromatic nitrogens is 3. The van der Waals surface area contributed by atoms with E-state index in [1.54, 1.807) is 6.20 Å². The van der Waals surface area contributed by atoms with E-state index in [4.69, 9.17) is 0 Å². The Morgan fingerprint density at radius 1 is 1.45 bits per heavy atom. The first kappa shape index (κ1) is 7.91. The van der Waals surface area contributed by atoms with Gasteiger partial charge in [0.1, 0.15) is 0 Å². The first-order valence-corrected chi connectivity index (χ1v) is 3.42. The maximum Gasteiger partial charge on any atom is 0.361 e. The lowest BCUT2D eigenvalue weighted by Crippen LogP contribution is -2.22. The van der Waals surface area contributed by atoms with Crippen LogP contribution in [0.15, 0.2) is 11.0 Å². The van der Waals surface area contributed by atoms with Crippen molar-refractivity contribution < 1.29 is 0 Å². The van der Waals surface area contributed by atoms with E-state index in [9.17, 15) is 4.79 Å². The molecule has 0 saturated carbocycles. The minimum absolute atomic E-state index is 0.110. The highest BCUT2D eigenvalue weighted by Gasteiger charge is 2.15. The predicted molar refractivity (Wildman–Crippen MR) is 41.4 cm³/mol. The fraction of sp³-hybridized carbons (Fsp3) is 0.571. The molecule has 1 aromatic heterocycles. The molecular formula is C7H11N3O. The van der Waals surface area contributed by atoms with E-state index in [1.807, 2.05) is 20.8 Å². The molecule has 0 saturated heterocycles. The number of rotatable bonds is 0. The van der Waals surface area contributed by atoms with Crippen molar-refractivity contribution >= 4 is 0 Å². The lowest BCUT2D eigenvalue weighted by molar-refractivity contribution is 0.556. The van der Waals surface area contributed by atoms with E-state index < -0.39 is 5.69 Å². The third kappa shape index (κ3) is 1.86. The van der Waals surface area contributed by atoms with E-state index in [-0.39, 0.29) is 5.41 Å². The van der Waals surface area contributed by atoms with Crippen LogP contribution >= 0.6 is 0 Å². The Morgan fingerprint density at radius 2 is 2.09 bits per heavy atom. The van der Waals surface area contributed by atoms with Gasteiger partial charge in [0.05, 0.1) is 11.9 Å². The van der Waals surface area contributed by atoms with Crippen LogP contribution in [0.1, 0.15) is 26.5 Å². The highest BCUT2D eigenvalue weighted by atomic mass is 16.1. The Morgan fingerprint density at radius 3 is 2.45 bits per heavy atom. The second kappa shape index (κ2) is 2.45. The number of H-pyrrole nitrogens is 1. The minimum Gasteiger partial charge on any atom is -0.244 e. The maximum absolute atomic E-state index is 10.7. The molecule has 1 N–H and O–H groups in total. The molecule has 0 atom stereocenters. The lowest BCUT2D eigenvalue weighted by Gasteiger charge is -2.15. The molecule has 0 bridgehead atoms. The Hall–Kier alpha value is -1.19. The maximum atomic E-state index is 10.7. The number of aromatic amines is 1. The summed E-state index contributed by atoms with van der Waals surface area (Å²) in [5.41, 5.74) is 0.208. The van der Waals surface area contributed by atoms with Gasteiger partial charge < -0.3 is 0 Å². The average molecular weight is 153 g/mol. The summed E-state index contributed by atoms with van der Waals surface area (Å²) in [6.45, 7) is 5.95. The Balaban J connectivity index is 3.16. The molecule has 1 rings (SSSR count). The summed E-state index contributed by atoms with van der Waals surface area (Å²) >= 11 is 0. The summed E-state index contributed by atoms with van der Waals surface area (Å²) in [5.74, 6) is 0. The second-order valence-electron chi connectivity index (χ2n) is 3.42. The second-order valence-corrected chi connectivity index (χ2v) is 3.42. The van der Waals surface area contributed by atoms with Gasteiger partial charge in [0.2, 0.25) is 0 Å². The summed E-state index contributed by atoms with van der Waals surface area (Å²) in [5, 5.41) is 5.88. The first-order valence-electron chi connectivity index (χ1n) is 3.42. The lowest BCUT2D eigenvalue weighted by atomic mass is 9.93. The van der Waals surface area contributed by atoms with Crippen molar-refractivity contribution in [3.05, 3.63) is 22.4 Å². The minimum atomic E-state index is -0.391. The molecule has 0 fully saturated rings. The molecule has 0 spiro atoms. The van der Waals surface area contributed by atoms with E-state index >= 15 is 0 Å². The number of hydrogen-bond donors (Lipinski definition) is 1. The molecule has 0 aliphatic rings. The zero-order valence-corrected chi connectivity index (χ0v) is 6.88. The van der Waals surface area contributed by atoms with E-state index in [1.165, 1.54) is 0 Å². The molecule has 0 aromatic carbocycles. The van der Waals surface area contributed by atoms with Crippen molar-refractivity contribution in [2.24, 2.45) is 0 Å². The summed E-state index contributed by atoms with van der Waals surface area (Å²) in [6.07, 6.45) is 1.57. The molecule has 0 aliphatic carbocycles. The van der Waals surface area contributed by atoms with E-state index in [0.717, 1.165) is 0 Å². The standard InChI is InChI=1S/C7H11N3O/c1-7(2,3)5-4-8-10-6(11)9-5/h4H,1-3H3,(H,9,10,11). The zero-order chi connectivity index (χ0) is 8.48. The molecular weight excluding hydrogens is 142 g/mol. The van der Waals surface area contributed by atoms with Crippen LogP contribution in [-0.4, -0.2) is 15.2 Å². The molecule has 11 heavy (non-hydrogen) atoms. The quantitative estimate of drug-likeness (QED) is 0.589. The Kier molecular flexibility index (Phi) is 1.76. The van der Waals surface area contributed by atoms with E-state index in [2.05, 4.69) is 15.2 Å². The Labute approximate surface area is 64.7 Å². The van der Waals surface area contributed by atoms with Crippen LogP contribution in [0.5, 0.6) is 0 Å². The molecule has 1 heterocycles. The van der Waals surface area contributed by atoms with Gasteiger partial charge in [-0.3, -0.25) is 0 Å². The first-order chi connectivity index (χ1) is 5.00. The smallest absolute Gasteiger partial charge is 0.244 e. The van der Waals surface area contributed by atoms with Crippen LogP contribution in [0.3, 0.4) is 0 Å². The van der Waals surface area contributed by atoms with E-state index in [0.29, 0.717) is 5.69 Å². The van der Waals surface area contributed by atoms with Crippen molar-refractivity contribution in [3.8, 4) is 0 Å². The van der Waals surface area contributed by atoms with Crippen LogP contribution in [0.2, 0.25) is 0 Å². The third-order valence-corrected chi connectivity index (χ3v) is 1.34. The molecule has 1 aromatic rings. The van der Waals surface area contributed by atoms with Crippen LogP contribution < -0.4 is 5.69 Å². The summed E-state index contributed by atoms with van der Waals surface area (Å²) in [7, 11) is 0. The molecule has 4 nitrogen and oxygen atoms in total. The summed E-state index contributed by atoms with van der Waals surface area (Å²) < 4.78 is 0. The number of nitrogens with zero attached hydrogens (tertiary/aromatic N) is 2. The zero-order valence-electron chi connectivity index (χ0n) is 6.88. The topological polar surface area (TPSA) is 58.6 Å². The third-order valence-electron chi connectivity index (χ3n) is 1.34. The molecule has 4 heteroatoms.